The molecule has 108 valence electrons. The Balaban J connectivity index is 2.21. The Hall–Kier alpha value is -3.46. The van der Waals surface area contributed by atoms with Crippen molar-refractivity contribution in [3.05, 3.63) is 53.7 Å². The van der Waals surface area contributed by atoms with Crippen molar-refractivity contribution < 1.29 is 15.0 Å². The van der Waals surface area contributed by atoms with Gasteiger partial charge in [-0.1, -0.05) is 6.07 Å². The maximum atomic E-state index is 10.9. The first kappa shape index (κ1) is 13.5. The SMILES string of the molecule is N#Cc1ccn2c(-c3ccc(C(=O)O)c(O)c3)cc(N)c2c1. The summed E-state index contributed by atoms with van der Waals surface area (Å²) in [6, 6.07) is 11.4. The van der Waals surface area contributed by atoms with E-state index in [9.17, 15) is 9.90 Å². The van der Waals surface area contributed by atoms with Crippen LogP contribution in [0.5, 0.6) is 5.75 Å². The van der Waals surface area contributed by atoms with Gasteiger partial charge in [0, 0.05) is 11.8 Å². The van der Waals surface area contributed by atoms with Gasteiger partial charge in [0.25, 0.3) is 0 Å². The van der Waals surface area contributed by atoms with Crippen molar-refractivity contribution in [3.8, 4) is 23.1 Å². The van der Waals surface area contributed by atoms with Gasteiger partial charge in [-0.25, -0.2) is 4.79 Å². The van der Waals surface area contributed by atoms with E-state index in [0.29, 0.717) is 28.0 Å². The van der Waals surface area contributed by atoms with Gasteiger partial charge in [-0.15, -0.1) is 0 Å². The predicted octanol–water partition coefficient (Wildman–Crippen LogP) is 2.46. The van der Waals surface area contributed by atoms with E-state index in [0.717, 1.165) is 0 Å². The number of nitriles is 1. The van der Waals surface area contributed by atoms with E-state index in [-0.39, 0.29) is 11.3 Å². The van der Waals surface area contributed by atoms with Crippen molar-refractivity contribution in [2.75, 3.05) is 5.73 Å². The van der Waals surface area contributed by atoms with E-state index >= 15 is 0 Å². The van der Waals surface area contributed by atoms with E-state index < -0.39 is 5.97 Å². The van der Waals surface area contributed by atoms with Gasteiger partial charge in [0.1, 0.15) is 11.3 Å². The number of carboxylic acids is 1. The molecule has 0 aliphatic rings. The number of anilines is 1. The predicted molar refractivity (Wildman–Crippen MR) is 80.6 cm³/mol. The number of aromatic nitrogens is 1. The van der Waals surface area contributed by atoms with E-state index in [1.807, 2.05) is 0 Å². The van der Waals surface area contributed by atoms with E-state index in [1.165, 1.54) is 12.1 Å². The number of hydrogen-bond donors (Lipinski definition) is 3. The number of aromatic carboxylic acids is 1. The number of benzene rings is 1. The van der Waals surface area contributed by atoms with Gasteiger partial charge in [0.15, 0.2) is 0 Å². The van der Waals surface area contributed by atoms with Crippen LogP contribution in [0.3, 0.4) is 0 Å². The summed E-state index contributed by atoms with van der Waals surface area (Å²) in [5, 5.41) is 27.7. The molecular weight excluding hydrogens is 282 g/mol. The lowest BCUT2D eigenvalue weighted by Gasteiger charge is -2.06. The fourth-order valence-electron chi connectivity index (χ4n) is 2.39. The number of hydrogen-bond acceptors (Lipinski definition) is 4. The molecule has 2 aromatic heterocycles. The number of aromatic hydroxyl groups is 1. The normalized spacial score (nSPS) is 10.5. The van der Waals surface area contributed by atoms with E-state index in [1.54, 1.807) is 34.9 Å². The quantitative estimate of drug-likeness (QED) is 0.672. The minimum absolute atomic E-state index is 0.163. The zero-order chi connectivity index (χ0) is 15.9. The van der Waals surface area contributed by atoms with Gasteiger partial charge < -0.3 is 20.3 Å². The van der Waals surface area contributed by atoms with Crippen molar-refractivity contribution in [1.82, 2.24) is 4.40 Å². The highest BCUT2D eigenvalue weighted by atomic mass is 16.4. The minimum Gasteiger partial charge on any atom is -0.507 e. The molecule has 3 aromatic rings. The Morgan fingerprint density at radius 3 is 2.64 bits per heavy atom. The van der Waals surface area contributed by atoms with Crippen LogP contribution in [0.25, 0.3) is 16.8 Å². The summed E-state index contributed by atoms with van der Waals surface area (Å²) >= 11 is 0. The third-order valence-corrected chi connectivity index (χ3v) is 3.46. The van der Waals surface area contributed by atoms with Gasteiger partial charge in [0.2, 0.25) is 0 Å². The molecule has 6 nitrogen and oxygen atoms in total. The summed E-state index contributed by atoms with van der Waals surface area (Å²) in [5.74, 6) is -1.51. The lowest BCUT2D eigenvalue weighted by atomic mass is 10.1. The monoisotopic (exact) mass is 293 g/mol. The van der Waals surface area contributed by atoms with Gasteiger partial charge in [0.05, 0.1) is 28.5 Å². The minimum atomic E-state index is -1.19. The molecule has 0 saturated carbocycles. The first-order valence-corrected chi connectivity index (χ1v) is 6.38. The molecule has 0 amide bonds. The van der Waals surface area contributed by atoms with E-state index in [4.69, 9.17) is 16.1 Å². The number of nitrogens with zero attached hydrogens (tertiary/aromatic N) is 2. The zero-order valence-electron chi connectivity index (χ0n) is 11.3. The summed E-state index contributed by atoms with van der Waals surface area (Å²) in [6.45, 7) is 0. The van der Waals surface area contributed by atoms with Crippen molar-refractivity contribution in [2.24, 2.45) is 0 Å². The second-order valence-electron chi connectivity index (χ2n) is 4.80. The van der Waals surface area contributed by atoms with Crippen LogP contribution in [0, 0.1) is 11.3 Å². The first-order chi connectivity index (χ1) is 10.5. The molecule has 22 heavy (non-hydrogen) atoms. The Morgan fingerprint density at radius 2 is 2.00 bits per heavy atom. The second kappa shape index (κ2) is 4.82. The smallest absolute Gasteiger partial charge is 0.339 e. The molecule has 0 aliphatic carbocycles. The van der Waals surface area contributed by atoms with Gasteiger partial charge >= 0.3 is 5.97 Å². The number of fused-ring (bicyclic) bond motifs is 1. The highest BCUT2D eigenvalue weighted by Gasteiger charge is 2.14. The number of phenols is 1. The Labute approximate surface area is 125 Å². The standard InChI is InChI=1S/C16H11N3O3/c17-8-9-3-4-19-13(7-12(18)14(19)5-9)10-1-2-11(16(21)22)15(20)6-10/h1-7,20H,18H2,(H,21,22). The van der Waals surface area contributed by atoms with Crippen LogP contribution < -0.4 is 5.73 Å². The number of carbonyl (C=O) groups is 1. The molecule has 0 saturated heterocycles. The topological polar surface area (TPSA) is 112 Å². The molecule has 2 heterocycles. The Morgan fingerprint density at radius 1 is 1.23 bits per heavy atom. The van der Waals surface area contributed by atoms with Crippen molar-refractivity contribution in [1.29, 1.82) is 5.26 Å². The van der Waals surface area contributed by atoms with Crippen LogP contribution in [-0.4, -0.2) is 20.6 Å². The highest BCUT2D eigenvalue weighted by molar-refractivity contribution is 5.92. The molecule has 0 aliphatic heterocycles. The summed E-state index contributed by atoms with van der Waals surface area (Å²) in [5.41, 5.74) is 8.79. The molecule has 0 radical (unpaired) electrons. The third kappa shape index (κ3) is 2.01. The van der Waals surface area contributed by atoms with Crippen LogP contribution in [-0.2, 0) is 0 Å². The zero-order valence-corrected chi connectivity index (χ0v) is 11.3. The molecule has 0 bridgehead atoms. The number of pyridine rings is 1. The summed E-state index contributed by atoms with van der Waals surface area (Å²) < 4.78 is 1.78. The maximum Gasteiger partial charge on any atom is 0.339 e. The number of carboxylic acid groups (broad SMARTS) is 1. The van der Waals surface area contributed by atoms with E-state index in [2.05, 4.69) is 6.07 Å². The molecule has 0 spiro atoms. The number of nitrogen functional groups attached to an aromatic ring is 1. The van der Waals surface area contributed by atoms with Crippen molar-refractivity contribution >= 4 is 17.2 Å². The molecule has 0 unspecified atom stereocenters. The van der Waals surface area contributed by atoms with Crippen molar-refractivity contribution in [2.45, 2.75) is 0 Å². The van der Waals surface area contributed by atoms with Crippen LogP contribution >= 0.6 is 0 Å². The largest absolute Gasteiger partial charge is 0.507 e. The fourth-order valence-corrected chi connectivity index (χ4v) is 2.39. The number of nitrogens with two attached hydrogens (primary N) is 1. The Bertz CT molecular complexity index is 951. The molecular formula is C16H11N3O3. The third-order valence-electron chi connectivity index (χ3n) is 3.46. The maximum absolute atomic E-state index is 10.9. The van der Waals surface area contributed by atoms with Crippen LogP contribution in [0.1, 0.15) is 15.9 Å². The van der Waals surface area contributed by atoms with Crippen LogP contribution in [0.4, 0.5) is 5.69 Å². The average Bonchev–Trinajstić information content (AvgIpc) is 2.83. The van der Waals surface area contributed by atoms with Crippen LogP contribution in [0.2, 0.25) is 0 Å². The van der Waals surface area contributed by atoms with Crippen molar-refractivity contribution in [3.63, 3.8) is 0 Å². The lowest BCUT2D eigenvalue weighted by Crippen LogP contribution is -1.97. The second-order valence-corrected chi connectivity index (χ2v) is 4.80. The average molecular weight is 293 g/mol. The van der Waals surface area contributed by atoms with Gasteiger partial charge in [-0.3, -0.25) is 0 Å². The molecule has 4 N–H and O–H groups in total. The van der Waals surface area contributed by atoms with Crippen LogP contribution in [0.15, 0.2) is 42.6 Å². The highest BCUT2D eigenvalue weighted by Crippen LogP contribution is 2.31. The van der Waals surface area contributed by atoms with Gasteiger partial charge in [-0.05, 0) is 30.3 Å². The summed E-state index contributed by atoms with van der Waals surface area (Å²) in [4.78, 5) is 10.9. The molecule has 0 atom stereocenters. The summed E-state index contributed by atoms with van der Waals surface area (Å²) in [6.07, 6.45) is 1.71. The lowest BCUT2D eigenvalue weighted by molar-refractivity contribution is 0.0694. The number of rotatable bonds is 2. The van der Waals surface area contributed by atoms with Gasteiger partial charge in [-0.2, -0.15) is 5.26 Å². The first-order valence-electron chi connectivity index (χ1n) is 6.38. The molecule has 1 aromatic carbocycles. The molecule has 0 fully saturated rings. The molecule has 3 rings (SSSR count). The fraction of sp³-hybridized carbons (Fsp3) is 0. The molecule has 6 heteroatoms. The Kier molecular flexibility index (Phi) is 2.96. The summed E-state index contributed by atoms with van der Waals surface area (Å²) in [7, 11) is 0.